The van der Waals surface area contributed by atoms with Crippen LogP contribution in [0.5, 0.6) is 11.5 Å². The summed E-state index contributed by atoms with van der Waals surface area (Å²) >= 11 is 5.05. The fourth-order valence-corrected chi connectivity index (χ4v) is 2.66. The summed E-state index contributed by atoms with van der Waals surface area (Å²) in [6, 6.07) is 10.2. The molecule has 0 aromatic heterocycles. The fourth-order valence-electron chi connectivity index (χ4n) is 2.55. The molecule has 0 amide bonds. The van der Waals surface area contributed by atoms with Gasteiger partial charge in [-0.2, -0.15) is 0 Å². The first-order valence-electron chi connectivity index (χ1n) is 8.63. The van der Waals surface area contributed by atoms with Crippen LogP contribution in [0.4, 0.5) is 14.5 Å². The summed E-state index contributed by atoms with van der Waals surface area (Å²) in [4.78, 5) is 0. The molecule has 2 rings (SSSR count). The first-order valence-corrected chi connectivity index (χ1v) is 9.04. The maximum atomic E-state index is 13.4. The second-order valence-corrected chi connectivity index (χ2v) is 6.02. The Bertz CT molecular complexity index is 784. The second-order valence-electron chi connectivity index (χ2n) is 5.65. The third-order valence-electron chi connectivity index (χ3n) is 3.94. The van der Waals surface area contributed by atoms with Crippen LogP contribution >= 0.6 is 12.2 Å². The molecule has 0 bridgehead atoms. The van der Waals surface area contributed by atoms with Crippen LogP contribution in [0.15, 0.2) is 36.4 Å². The summed E-state index contributed by atoms with van der Waals surface area (Å²) in [5.74, 6) is 0.735. The molecule has 0 fully saturated rings. The predicted molar refractivity (Wildman–Crippen MR) is 106 cm³/mol. The molecule has 0 aliphatic heterocycles. The van der Waals surface area contributed by atoms with Gasteiger partial charge in [0.1, 0.15) is 18.1 Å². The lowest BCUT2D eigenvalue weighted by Crippen LogP contribution is -2.14. The predicted octanol–water partition coefficient (Wildman–Crippen LogP) is 5.51. The van der Waals surface area contributed by atoms with E-state index < -0.39 is 6.43 Å². The van der Waals surface area contributed by atoms with Crippen LogP contribution in [0.3, 0.4) is 0 Å². The third kappa shape index (κ3) is 5.53. The number of alkyl halides is 2. The Kier molecular flexibility index (Phi) is 7.79. The van der Waals surface area contributed by atoms with E-state index in [0.717, 1.165) is 5.56 Å². The number of benzene rings is 2. The summed E-state index contributed by atoms with van der Waals surface area (Å²) in [5.41, 5.74) is 2.01. The van der Waals surface area contributed by atoms with E-state index in [1.54, 1.807) is 30.3 Å². The van der Waals surface area contributed by atoms with E-state index in [1.165, 1.54) is 13.2 Å². The highest BCUT2D eigenvalue weighted by Crippen LogP contribution is 2.33. The van der Waals surface area contributed by atoms with Crippen LogP contribution in [0.25, 0.3) is 0 Å². The van der Waals surface area contributed by atoms with E-state index in [2.05, 4.69) is 5.32 Å². The molecule has 27 heavy (non-hydrogen) atoms. The Balaban J connectivity index is 2.32. The first-order chi connectivity index (χ1) is 13.0. The molecule has 0 saturated carbocycles. The Morgan fingerprint density at radius 2 is 1.89 bits per heavy atom. The molecule has 0 aliphatic carbocycles. The fraction of sp³-hybridized carbons (Fsp3) is 0.350. The van der Waals surface area contributed by atoms with Gasteiger partial charge >= 0.3 is 0 Å². The zero-order valence-electron chi connectivity index (χ0n) is 15.6. The molecule has 2 aromatic carbocycles. The number of methoxy groups -OCH3 is 1. The van der Waals surface area contributed by atoms with Gasteiger partial charge in [-0.15, -0.1) is 0 Å². The molecule has 0 saturated heterocycles. The molecule has 2 aromatic rings. The average Bonchev–Trinajstić information content (AvgIpc) is 2.67. The van der Waals surface area contributed by atoms with Crippen molar-refractivity contribution in [3.8, 4) is 11.5 Å². The number of ether oxygens (including phenoxy) is 3. The Morgan fingerprint density at radius 1 is 1.11 bits per heavy atom. The average molecular weight is 395 g/mol. The minimum absolute atomic E-state index is 0.0377. The number of anilines is 1. The summed E-state index contributed by atoms with van der Waals surface area (Å²) in [7, 11) is 1.46. The summed E-state index contributed by atoms with van der Waals surface area (Å²) in [6.07, 6.45) is -1.94. The van der Waals surface area contributed by atoms with Crippen LogP contribution in [-0.2, 0) is 17.8 Å². The molecule has 0 heterocycles. The van der Waals surface area contributed by atoms with Crippen molar-refractivity contribution in [2.24, 2.45) is 0 Å². The minimum atomic E-state index is -2.62. The van der Waals surface area contributed by atoms with Gasteiger partial charge in [0, 0.05) is 0 Å². The number of aryl methyl sites for hydroxylation is 1. The molecule has 0 atom stereocenters. The molecular formula is C20H23F2NO3S. The van der Waals surface area contributed by atoms with E-state index >= 15 is 0 Å². The van der Waals surface area contributed by atoms with Crippen molar-refractivity contribution >= 4 is 23.1 Å². The van der Waals surface area contributed by atoms with E-state index in [1.807, 2.05) is 13.8 Å². The lowest BCUT2D eigenvalue weighted by molar-refractivity contribution is 0.144. The van der Waals surface area contributed by atoms with Crippen molar-refractivity contribution in [1.29, 1.82) is 0 Å². The highest BCUT2D eigenvalue weighted by atomic mass is 32.1. The van der Waals surface area contributed by atoms with Crippen LogP contribution in [0, 0.1) is 0 Å². The number of rotatable bonds is 8. The SMILES string of the molecule is CCOc1cccc(NC(=S)OC)c1COc1ccc(CC)cc1C(F)F. The molecule has 0 aliphatic rings. The van der Waals surface area contributed by atoms with Gasteiger partial charge in [0.25, 0.3) is 11.6 Å². The van der Waals surface area contributed by atoms with Gasteiger partial charge in [-0.3, -0.25) is 0 Å². The molecule has 4 nitrogen and oxygen atoms in total. The van der Waals surface area contributed by atoms with Crippen LogP contribution < -0.4 is 14.8 Å². The van der Waals surface area contributed by atoms with Crippen molar-refractivity contribution in [2.75, 3.05) is 19.0 Å². The van der Waals surface area contributed by atoms with Gasteiger partial charge in [0.2, 0.25) is 0 Å². The standard InChI is InChI=1S/C20H23F2NO3S/c1-4-13-9-10-18(14(11-13)19(21)22)26-12-15-16(23-20(27)24-3)7-6-8-17(15)25-5-2/h6-11,19H,4-5,12H2,1-3H3,(H,23,27). The topological polar surface area (TPSA) is 39.7 Å². The Labute approximate surface area is 163 Å². The third-order valence-corrected chi connectivity index (χ3v) is 4.21. The number of thiocarbonyl (C=S) groups is 1. The molecule has 0 unspecified atom stereocenters. The van der Waals surface area contributed by atoms with E-state index in [4.69, 9.17) is 26.4 Å². The molecule has 7 heteroatoms. The first kappa shape index (κ1) is 20.9. The maximum absolute atomic E-state index is 13.4. The van der Waals surface area contributed by atoms with Crippen molar-refractivity contribution in [1.82, 2.24) is 0 Å². The molecule has 0 spiro atoms. The minimum Gasteiger partial charge on any atom is -0.493 e. The largest absolute Gasteiger partial charge is 0.493 e. The zero-order chi connectivity index (χ0) is 19.8. The van der Waals surface area contributed by atoms with Gasteiger partial charge in [0.15, 0.2) is 0 Å². The summed E-state index contributed by atoms with van der Waals surface area (Å²) in [6.45, 7) is 4.28. The molecule has 0 radical (unpaired) electrons. The van der Waals surface area contributed by atoms with Gasteiger partial charge in [0.05, 0.1) is 30.5 Å². The zero-order valence-corrected chi connectivity index (χ0v) is 16.4. The highest BCUT2D eigenvalue weighted by Gasteiger charge is 2.17. The number of halogens is 2. The van der Waals surface area contributed by atoms with Gasteiger partial charge in [-0.1, -0.05) is 19.1 Å². The Hall–Kier alpha value is -2.41. The number of nitrogens with one attached hydrogen (secondary N) is 1. The van der Waals surface area contributed by atoms with Gasteiger partial charge in [-0.05, 0) is 55.4 Å². The molecule has 146 valence electrons. The van der Waals surface area contributed by atoms with Crippen molar-refractivity contribution in [2.45, 2.75) is 33.3 Å². The summed E-state index contributed by atoms with van der Waals surface area (Å²) in [5, 5.41) is 3.14. The number of hydrogen-bond donors (Lipinski definition) is 1. The van der Waals surface area contributed by atoms with Crippen molar-refractivity contribution in [3.05, 3.63) is 53.1 Å². The lowest BCUT2D eigenvalue weighted by Gasteiger charge is -2.18. The van der Waals surface area contributed by atoms with Crippen LogP contribution in [-0.4, -0.2) is 18.9 Å². The second kappa shape index (κ2) is 10.1. The van der Waals surface area contributed by atoms with Crippen LogP contribution in [0.2, 0.25) is 0 Å². The van der Waals surface area contributed by atoms with E-state index in [-0.39, 0.29) is 23.1 Å². The molecular weight excluding hydrogens is 372 g/mol. The maximum Gasteiger partial charge on any atom is 0.267 e. The lowest BCUT2D eigenvalue weighted by atomic mass is 10.1. The van der Waals surface area contributed by atoms with Gasteiger partial charge < -0.3 is 19.5 Å². The number of hydrogen-bond acceptors (Lipinski definition) is 4. The monoisotopic (exact) mass is 395 g/mol. The van der Waals surface area contributed by atoms with E-state index in [0.29, 0.717) is 30.0 Å². The van der Waals surface area contributed by atoms with E-state index in [9.17, 15) is 8.78 Å². The summed E-state index contributed by atoms with van der Waals surface area (Å²) < 4.78 is 43.2. The smallest absolute Gasteiger partial charge is 0.267 e. The van der Waals surface area contributed by atoms with Crippen molar-refractivity contribution in [3.63, 3.8) is 0 Å². The quantitative estimate of drug-likeness (QED) is 0.597. The van der Waals surface area contributed by atoms with Crippen molar-refractivity contribution < 1.29 is 23.0 Å². The van der Waals surface area contributed by atoms with Gasteiger partial charge in [-0.25, -0.2) is 8.78 Å². The Morgan fingerprint density at radius 3 is 2.52 bits per heavy atom. The normalized spacial score (nSPS) is 10.6. The highest BCUT2D eigenvalue weighted by molar-refractivity contribution is 7.80. The van der Waals surface area contributed by atoms with Crippen LogP contribution in [0.1, 0.15) is 37.0 Å². The molecule has 1 N–H and O–H groups in total.